The predicted molar refractivity (Wildman–Crippen MR) is 124 cm³/mol. The van der Waals surface area contributed by atoms with Crippen LogP contribution in [0.3, 0.4) is 0 Å². The summed E-state index contributed by atoms with van der Waals surface area (Å²) in [5.74, 6) is -2.10. The van der Waals surface area contributed by atoms with Crippen molar-refractivity contribution >= 4 is 53.9 Å². The fraction of sp³-hybridized carbons (Fsp3) is 0.545. The quantitative estimate of drug-likeness (QED) is 0.551. The number of nitrogens with one attached hydrogen (secondary N) is 1. The minimum absolute atomic E-state index is 0.0296. The molecule has 2 aliphatic heterocycles. The normalized spacial score (nSPS) is 21.8. The number of hydrogen-bond acceptors (Lipinski definition) is 7. The Kier molecular flexibility index (Phi) is 8.42. The third-order valence-corrected chi connectivity index (χ3v) is 6.54. The Balaban J connectivity index is 1.66. The maximum Gasteiger partial charge on any atom is 0.602 e. The first-order chi connectivity index (χ1) is 15.6. The van der Waals surface area contributed by atoms with Crippen LogP contribution in [0.4, 0.5) is 0 Å². The molecular formula is C22H27BCl2N2O6. The van der Waals surface area contributed by atoms with Crippen LogP contribution in [0, 0.1) is 5.92 Å². The number of Topliss-reactive ketones (excluding diaryl/α,β-unsaturated/α-hetero) is 1. The van der Waals surface area contributed by atoms with Gasteiger partial charge >= 0.3 is 19.1 Å². The summed E-state index contributed by atoms with van der Waals surface area (Å²) in [4.78, 5) is 52.1. The Labute approximate surface area is 203 Å². The second kappa shape index (κ2) is 10.9. The molecule has 2 fully saturated rings. The van der Waals surface area contributed by atoms with Crippen LogP contribution in [0.25, 0.3) is 0 Å². The smallest absolute Gasteiger partial charge is 0.498 e. The molecule has 3 rings (SSSR count). The van der Waals surface area contributed by atoms with E-state index in [1.54, 1.807) is 18.0 Å². The molecule has 0 radical (unpaired) electrons. The lowest BCUT2D eigenvalue weighted by Gasteiger charge is -2.31. The first-order valence-electron chi connectivity index (χ1n) is 10.9. The molecule has 0 spiro atoms. The van der Waals surface area contributed by atoms with Crippen LogP contribution in [0.2, 0.25) is 15.9 Å². The topological polar surface area (TPSA) is 102 Å². The van der Waals surface area contributed by atoms with Crippen LogP contribution >= 0.6 is 23.2 Å². The number of ketones is 1. The van der Waals surface area contributed by atoms with E-state index in [9.17, 15) is 19.2 Å². The van der Waals surface area contributed by atoms with Crippen LogP contribution in [-0.4, -0.2) is 61.3 Å². The summed E-state index contributed by atoms with van der Waals surface area (Å²) in [5, 5.41) is 3.11. The third-order valence-electron chi connectivity index (χ3n) is 5.97. The molecule has 0 aliphatic carbocycles. The van der Waals surface area contributed by atoms with Crippen LogP contribution in [0.1, 0.15) is 49.9 Å². The highest BCUT2D eigenvalue weighted by molar-refractivity contribution is 6.51. The second-order valence-electron chi connectivity index (χ2n) is 8.96. The molecule has 178 valence electrons. The number of carbonyl (C=O) groups is 4. The third kappa shape index (κ3) is 6.28. The number of carbonyl (C=O) groups excluding carboxylic acids is 4. The van der Waals surface area contributed by atoms with Gasteiger partial charge in [0.05, 0.1) is 17.1 Å². The Morgan fingerprint density at radius 3 is 2.33 bits per heavy atom. The van der Waals surface area contributed by atoms with Crippen molar-refractivity contribution in [2.75, 3.05) is 13.6 Å². The van der Waals surface area contributed by atoms with E-state index in [4.69, 9.17) is 32.5 Å². The van der Waals surface area contributed by atoms with Gasteiger partial charge < -0.3 is 14.6 Å². The monoisotopic (exact) mass is 496 g/mol. The van der Waals surface area contributed by atoms with Gasteiger partial charge in [-0.2, -0.15) is 0 Å². The average molecular weight is 497 g/mol. The molecule has 2 aliphatic rings. The van der Waals surface area contributed by atoms with Crippen molar-refractivity contribution in [3.8, 4) is 0 Å². The van der Waals surface area contributed by atoms with Crippen molar-refractivity contribution in [3.63, 3.8) is 0 Å². The van der Waals surface area contributed by atoms with Gasteiger partial charge in [-0.3, -0.25) is 24.1 Å². The zero-order valence-corrected chi connectivity index (χ0v) is 20.3. The number of fused-ring (bicyclic) bond motifs is 2. The first kappa shape index (κ1) is 25.5. The van der Waals surface area contributed by atoms with Crippen LogP contribution in [-0.2, 0) is 23.7 Å². The van der Waals surface area contributed by atoms with Crippen molar-refractivity contribution in [2.45, 2.75) is 57.4 Å². The molecule has 33 heavy (non-hydrogen) atoms. The molecule has 0 unspecified atom stereocenters. The molecule has 2 saturated heterocycles. The van der Waals surface area contributed by atoms with Gasteiger partial charge in [0, 0.05) is 17.3 Å². The summed E-state index contributed by atoms with van der Waals surface area (Å²) in [5.41, 5.74) is 0.165. The van der Waals surface area contributed by atoms with Crippen molar-refractivity contribution in [1.29, 1.82) is 0 Å². The fourth-order valence-corrected chi connectivity index (χ4v) is 4.69. The van der Waals surface area contributed by atoms with E-state index in [1.807, 2.05) is 13.8 Å². The lowest BCUT2D eigenvalue weighted by Crippen LogP contribution is -2.50. The minimum atomic E-state index is -1.15. The van der Waals surface area contributed by atoms with E-state index in [2.05, 4.69) is 5.32 Å². The van der Waals surface area contributed by atoms with Gasteiger partial charge in [-0.25, -0.2) is 0 Å². The zero-order valence-electron chi connectivity index (χ0n) is 18.8. The number of benzene rings is 1. The Hall–Kier alpha value is -2.10. The second-order valence-corrected chi connectivity index (χ2v) is 9.80. The molecule has 1 aromatic carbocycles. The molecule has 1 amide bonds. The van der Waals surface area contributed by atoms with Crippen LogP contribution in [0.5, 0.6) is 0 Å². The Morgan fingerprint density at radius 2 is 1.76 bits per heavy atom. The maximum absolute atomic E-state index is 12.7. The standard InChI is InChI=1S/C22H27BCl2N2O6/c1-12(2)8-13(23-32-21(30)18-6-7-19(27(18)3)22(31)33-23)9-15(28)11-26-20(29)16-10-14(24)4-5-17(16)25/h4-5,10,12-13,18-19H,6-9,11H2,1-3H3,(H,26,29)/t13-,18-,19-/m1/s1. The minimum Gasteiger partial charge on any atom is -0.498 e. The lowest BCUT2D eigenvalue weighted by atomic mass is 9.65. The Bertz CT molecular complexity index is 917. The molecule has 3 atom stereocenters. The highest BCUT2D eigenvalue weighted by atomic mass is 35.5. The molecule has 2 heterocycles. The number of rotatable bonds is 8. The maximum atomic E-state index is 12.7. The van der Waals surface area contributed by atoms with E-state index >= 15 is 0 Å². The fourth-order valence-electron chi connectivity index (χ4n) is 4.32. The number of nitrogens with zero attached hydrogens (tertiary/aromatic N) is 1. The average Bonchev–Trinajstić information content (AvgIpc) is 3.15. The van der Waals surface area contributed by atoms with Crippen LogP contribution < -0.4 is 5.32 Å². The summed E-state index contributed by atoms with van der Waals surface area (Å²) in [6.07, 6.45) is 1.51. The van der Waals surface area contributed by atoms with Gasteiger partial charge in [0.2, 0.25) is 0 Å². The van der Waals surface area contributed by atoms with Crippen molar-refractivity contribution in [3.05, 3.63) is 33.8 Å². The summed E-state index contributed by atoms with van der Waals surface area (Å²) in [6, 6.07) is 3.49. The molecule has 8 nitrogen and oxygen atoms in total. The highest BCUT2D eigenvalue weighted by Gasteiger charge is 2.49. The van der Waals surface area contributed by atoms with Crippen molar-refractivity contribution in [1.82, 2.24) is 10.2 Å². The van der Waals surface area contributed by atoms with E-state index in [-0.39, 0.29) is 35.3 Å². The van der Waals surface area contributed by atoms with E-state index in [0.29, 0.717) is 24.3 Å². The number of likely N-dealkylation sites (N-methyl/N-ethyl adjacent to an activating group) is 1. The van der Waals surface area contributed by atoms with Gasteiger partial charge in [0.1, 0.15) is 12.1 Å². The zero-order chi connectivity index (χ0) is 24.3. The number of hydrogen-bond donors (Lipinski definition) is 1. The van der Waals surface area contributed by atoms with Crippen molar-refractivity contribution in [2.24, 2.45) is 5.92 Å². The van der Waals surface area contributed by atoms with E-state index in [1.165, 1.54) is 12.1 Å². The van der Waals surface area contributed by atoms with Crippen molar-refractivity contribution < 1.29 is 28.5 Å². The number of halogens is 2. The Morgan fingerprint density at radius 1 is 1.15 bits per heavy atom. The molecule has 0 aromatic heterocycles. The highest BCUT2D eigenvalue weighted by Crippen LogP contribution is 2.32. The molecule has 1 aromatic rings. The summed E-state index contributed by atoms with van der Waals surface area (Å²) >= 11 is 12.0. The molecular weight excluding hydrogens is 470 g/mol. The lowest BCUT2D eigenvalue weighted by molar-refractivity contribution is -0.151. The molecule has 11 heteroatoms. The van der Waals surface area contributed by atoms with E-state index < -0.39 is 42.9 Å². The largest absolute Gasteiger partial charge is 0.602 e. The van der Waals surface area contributed by atoms with Gasteiger partial charge in [0.15, 0.2) is 5.78 Å². The summed E-state index contributed by atoms with van der Waals surface area (Å²) < 4.78 is 11.1. The SMILES string of the molecule is CC(C)C[C@H](CC(=O)CNC(=O)c1cc(Cl)ccc1Cl)B1OC(=O)[C@H]2CC[C@H](C(=O)O1)N2C. The molecule has 1 N–H and O–H groups in total. The van der Waals surface area contributed by atoms with Gasteiger partial charge in [0.25, 0.3) is 5.91 Å². The summed E-state index contributed by atoms with van der Waals surface area (Å²) in [6.45, 7) is 3.67. The van der Waals surface area contributed by atoms with Gasteiger partial charge in [-0.1, -0.05) is 37.0 Å². The predicted octanol–water partition coefficient (Wildman–Crippen LogP) is 3.15. The van der Waals surface area contributed by atoms with Gasteiger partial charge in [-0.15, -0.1) is 0 Å². The number of amides is 1. The molecule has 0 saturated carbocycles. The van der Waals surface area contributed by atoms with E-state index in [0.717, 1.165) is 0 Å². The van der Waals surface area contributed by atoms with Crippen LogP contribution in [0.15, 0.2) is 18.2 Å². The van der Waals surface area contributed by atoms with Gasteiger partial charge in [-0.05, 0) is 50.4 Å². The first-order valence-corrected chi connectivity index (χ1v) is 11.7. The summed E-state index contributed by atoms with van der Waals surface area (Å²) in [7, 11) is 0.557. The molecule has 2 bridgehead atoms.